The number of nitrogens with two attached hydrogens (primary N) is 1. The molecule has 2 rings (SSSR count). The molecule has 0 aromatic heterocycles. The Morgan fingerprint density at radius 1 is 1.14 bits per heavy atom. The minimum atomic E-state index is -0.452. The number of likely N-dealkylation sites (tertiary alicyclic amines) is 1. The molecule has 1 fully saturated rings. The molecule has 4 heteroatoms. The number of hydrogen-bond acceptors (Lipinski definition) is 3. The first-order valence-electron chi connectivity index (χ1n) is 7.98. The molecule has 1 saturated heterocycles. The van der Waals surface area contributed by atoms with Gasteiger partial charge in [0.25, 0.3) is 0 Å². The van der Waals surface area contributed by atoms with E-state index in [-0.39, 0.29) is 5.91 Å². The van der Waals surface area contributed by atoms with Gasteiger partial charge in [0.1, 0.15) is 0 Å². The quantitative estimate of drug-likeness (QED) is 0.872. The number of nitrogens with zero attached hydrogens (tertiary/aromatic N) is 1. The lowest BCUT2D eigenvalue weighted by Gasteiger charge is -2.19. The van der Waals surface area contributed by atoms with E-state index in [1.807, 2.05) is 0 Å². The number of nitrogens with one attached hydrogen (secondary N) is 1. The Kier molecular flexibility index (Phi) is 6.21. The number of hydrogen-bond donors (Lipinski definition) is 2. The summed E-state index contributed by atoms with van der Waals surface area (Å²) in [7, 11) is 0. The van der Waals surface area contributed by atoms with E-state index in [2.05, 4.69) is 34.5 Å². The summed E-state index contributed by atoms with van der Waals surface area (Å²) in [5.74, 6) is -0.108. The van der Waals surface area contributed by atoms with Crippen molar-refractivity contribution >= 4 is 5.91 Å². The lowest BCUT2D eigenvalue weighted by atomic mass is 10.1. The van der Waals surface area contributed by atoms with Crippen molar-refractivity contribution in [3.8, 4) is 0 Å². The molecule has 1 aromatic rings. The summed E-state index contributed by atoms with van der Waals surface area (Å²) in [5.41, 5.74) is 7.98. The SMILES string of the molecule is C[C@@H](N)C(=O)NCc1ccc(CN2CCCCCC2)cc1. The zero-order valence-electron chi connectivity index (χ0n) is 13.0. The fourth-order valence-electron chi connectivity index (χ4n) is 2.67. The molecule has 0 spiro atoms. The van der Waals surface area contributed by atoms with Crippen LogP contribution in [0.15, 0.2) is 24.3 Å². The number of amides is 1. The van der Waals surface area contributed by atoms with Gasteiger partial charge in [-0.3, -0.25) is 9.69 Å². The van der Waals surface area contributed by atoms with E-state index in [9.17, 15) is 4.79 Å². The van der Waals surface area contributed by atoms with Crippen LogP contribution < -0.4 is 11.1 Å². The topological polar surface area (TPSA) is 58.4 Å². The van der Waals surface area contributed by atoms with Crippen molar-refractivity contribution in [2.75, 3.05) is 13.1 Å². The Morgan fingerprint density at radius 2 is 1.71 bits per heavy atom. The Bertz CT molecular complexity index is 434. The molecule has 116 valence electrons. The number of benzene rings is 1. The molecule has 1 heterocycles. The highest BCUT2D eigenvalue weighted by molar-refractivity contribution is 5.80. The summed E-state index contributed by atoms with van der Waals surface area (Å²) in [4.78, 5) is 14.0. The third-order valence-electron chi connectivity index (χ3n) is 4.01. The van der Waals surface area contributed by atoms with Gasteiger partial charge in [-0.05, 0) is 44.0 Å². The molecule has 1 aromatic carbocycles. The van der Waals surface area contributed by atoms with Crippen molar-refractivity contribution in [1.29, 1.82) is 0 Å². The summed E-state index contributed by atoms with van der Waals surface area (Å²) in [6, 6.07) is 8.06. The van der Waals surface area contributed by atoms with E-state index in [1.165, 1.54) is 44.3 Å². The molecule has 0 radical (unpaired) electrons. The van der Waals surface area contributed by atoms with Crippen molar-refractivity contribution in [3.63, 3.8) is 0 Å². The first kappa shape index (κ1) is 16.0. The van der Waals surface area contributed by atoms with Crippen LogP contribution in [0.2, 0.25) is 0 Å². The zero-order valence-corrected chi connectivity index (χ0v) is 13.0. The standard InChI is InChI=1S/C17H27N3O/c1-14(18)17(21)19-12-15-6-8-16(9-7-15)13-20-10-4-2-3-5-11-20/h6-9,14H,2-5,10-13,18H2,1H3,(H,19,21)/t14-/m1/s1. The maximum absolute atomic E-state index is 11.4. The van der Waals surface area contributed by atoms with Gasteiger partial charge in [0.2, 0.25) is 5.91 Å². The van der Waals surface area contributed by atoms with Crippen molar-refractivity contribution in [2.45, 2.75) is 51.7 Å². The summed E-state index contributed by atoms with van der Waals surface area (Å²) in [6.07, 6.45) is 5.38. The lowest BCUT2D eigenvalue weighted by molar-refractivity contribution is -0.122. The Morgan fingerprint density at radius 3 is 2.29 bits per heavy atom. The van der Waals surface area contributed by atoms with Crippen LogP contribution in [0, 0.1) is 0 Å². The zero-order chi connectivity index (χ0) is 15.1. The average Bonchev–Trinajstić information content (AvgIpc) is 2.74. The second-order valence-electron chi connectivity index (χ2n) is 6.01. The van der Waals surface area contributed by atoms with Crippen molar-refractivity contribution in [3.05, 3.63) is 35.4 Å². The van der Waals surface area contributed by atoms with Gasteiger partial charge in [0, 0.05) is 13.1 Å². The van der Waals surface area contributed by atoms with E-state index < -0.39 is 6.04 Å². The molecule has 1 atom stereocenters. The maximum Gasteiger partial charge on any atom is 0.236 e. The van der Waals surface area contributed by atoms with Crippen LogP contribution in [-0.2, 0) is 17.9 Å². The molecule has 1 aliphatic rings. The van der Waals surface area contributed by atoms with Crippen molar-refractivity contribution in [2.24, 2.45) is 5.73 Å². The molecule has 4 nitrogen and oxygen atoms in total. The normalized spacial score (nSPS) is 18.0. The summed E-state index contributed by atoms with van der Waals surface area (Å²) in [6.45, 7) is 5.70. The fraction of sp³-hybridized carbons (Fsp3) is 0.588. The van der Waals surface area contributed by atoms with E-state index in [1.54, 1.807) is 6.92 Å². The molecule has 0 unspecified atom stereocenters. The molecule has 0 aliphatic carbocycles. The Labute approximate surface area is 127 Å². The van der Waals surface area contributed by atoms with Crippen LogP contribution in [0.1, 0.15) is 43.7 Å². The van der Waals surface area contributed by atoms with E-state index in [0.29, 0.717) is 6.54 Å². The van der Waals surface area contributed by atoms with Crippen molar-refractivity contribution in [1.82, 2.24) is 10.2 Å². The molecular formula is C17H27N3O. The van der Waals surface area contributed by atoms with E-state index in [4.69, 9.17) is 5.73 Å². The van der Waals surface area contributed by atoms with Gasteiger partial charge >= 0.3 is 0 Å². The van der Waals surface area contributed by atoms with Crippen LogP contribution in [0.3, 0.4) is 0 Å². The Balaban J connectivity index is 1.82. The number of rotatable bonds is 5. The summed E-state index contributed by atoms with van der Waals surface area (Å²) < 4.78 is 0. The molecule has 21 heavy (non-hydrogen) atoms. The molecule has 1 aliphatic heterocycles. The first-order valence-corrected chi connectivity index (χ1v) is 7.98. The second-order valence-corrected chi connectivity index (χ2v) is 6.01. The highest BCUT2D eigenvalue weighted by Crippen LogP contribution is 2.13. The van der Waals surface area contributed by atoms with Crippen LogP contribution >= 0.6 is 0 Å². The van der Waals surface area contributed by atoms with E-state index >= 15 is 0 Å². The minimum absolute atomic E-state index is 0.108. The van der Waals surface area contributed by atoms with Crippen molar-refractivity contribution < 1.29 is 4.79 Å². The van der Waals surface area contributed by atoms with Gasteiger partial charge in [-0.15, -0.1) is 0 Å². The van der Waals surface area contributed by atoms with Crippen LogP contribution in [0.4, 0.5) is 0 Å². The highest BCUT2D eigenvalue weighted by Gasteiger charge is 2.09. The Hall–Kier alpha value is -1.39. The predicted octanol–water partition coefficient (Wildman–Crippen LogP) is 2.03. The predicted molar refractivity (Wildman–Crippen MR) is 85.7 cm³/mol. The van der Waals surface area contributed by atoms with Crippen LogP contribution in [0.25, 0.3) is 0 Å². The largest absolute Gasteiger partial charge is 0.351 e. The molecule has 3 N–H and O–H groups in total. The van der Waals surface area contributed by atoms with Gasteiger partial charge in [-0.1, -0.05) is 37.1 Å². The maximum atomic E-state index is 11.4. The van der Waals surface area contributed by atoms with E-state index in [0.717, 1.165) is 12.1 Å². The number of carbonyl (C=O) groups excluding carboxylic acids is 1. The van der Waals surface area contributed by atoms with Crippen LogP contribution in [-0.4, -0.2) is 29.9 Å². The monoisotopic (exact) mass is 289 g/mol. The molecule has 0 bridgehead atoms. The van der Waals surface area contributed by atoms with Gasteiger partial charge in [-0.25, -0.2) is 0 Å². The summed E-state index contributed by atoms with van der Waals surface area (Å²) in [5, 5.41) is 2.83. The minimum Gasteiger partial charge on any atom is -0.351 e. The first-order chi connectivity index (χ1) is 10.1. The smallest absolute Gasteiger partial charge is 0.236 e. The molecule has 0 saturated carbocycles. The average molecular weight is 289 g/mol. The van der Waals surface area contributed by atoms with Crippen LogP contribution in [0.5, 0.6) is 0 Å². The third-order valence-corrected chi connectivity index (χ3v) is 4.01. The number of carbonyl (C=O) groups is 1. The summed E-state index contributed by atoms with van der Waals surface area (Å²) >= 11 is 0. The lowest BCUT2D eigenvalue weighted by Crippen LogP contribution is -2.37. The second kappa shape index (κ2) is 8.15. The van der Waals surface area contributed by atoms with Gasteiger partial charge in [0.05, 0.1) is 6.04 Å². The van der Waals surface area contributed by atoms with Gasteiger partial charge in [-0.2, -0.15) is 0 Å². The molecular weight excluding hydrogens is 262 g/mol. The van der Waals surface area contributed by atoms with Gasteiger partial charge in [0.15, 0.2) is 0 Å². The third kappa shape index (κ3) is 5.48. The molecule has 1 amide bonds. The van der Waals surface area contributed by atoms with Gasteiger partial charge < -0.3 is 11.1 Å². The fourth-order valence-corrected chi connectivity index (χ4v) is 2.67. The highest BCUT2D eigenvalue weighted by atomic mass is 16.2.